The largest absolute Gasteiger partial charge is 0.425 e. The molecule has 1 aliphatic heterocycles. The number of carbonyl (C=O) groups is 1. The Hall–Kier alpha value is -2.66. The van der Waals surface area contributed by atoms with E-state index in [4.69, 9.17) is 20.8 Å². The van der Waals surface area contributed by atoms with Crippen LogP contribution in [0.25, 0.3) is 11.0 Å². The van der Waals surface area contributed by atoms with E-state index in [2.05, 4.69) is 4.98 Å². The summed E-state index contributed by atoms with van der Waals surface area (Å²) in [6.07, 6.45) is 4.20. The van der Waals surface area contributed by atoms with Gasteiger partial charge < -0.3 is 9.15 Å². The predicted octanol–water partition coefficient (Wildman–Crippen LogP) is 4.08. The Balaban J connectivity index is 1.87. The maximum absolute atomic E-state index is 12.5. The average molecular weight is 382 g/mol. The van der Waals surface area contributed by atoms with E-state index in [-0.39, 0.29) is 23.9 Å². The van der Waals surface area contributed by atoms with Gasteiger partial charge in [0.15, 0.2) is 0 Å². The first-order valence-corrected chi connectivity index (χ1v) is 9.35. The maximum Gasteiger partial charge on any atom is 0.339 e. The van der Waals surface area contributed by atoms with Crippen molar-refractivity contribution in [1.29, 1.82) is 0 Å². The summed E-state index contributed by atoms with van der Waals surface area (Å²) < 4.78 is 11.3. The normalized spacial score (nSPS) is 18.3. The average Bonchev–Trinajstić information content (AvgIpc) is 3.11. The highest BCUT2D eigenvalue weighted by Gasteiger charge is 2.35. The lowest BCUT2D eigenvalue weighted by molar-refractivity contribution is -0.135. The molecule has 0 amide bonds. The van der Waals surface area contributed by atoms with Crippen molar-refractivity contribution in [2.24, 2.45) is 0 Å². The Bertz CT molecular complexity index is 1180. The van der Waals surface area contributed by atoms with Crippen LogP contribution in [0.2, 0.25) is 5.15 Å². The van der Waals surface area contributed by atoms with Gasteiger partial charge in [-0.2, -0.15) is 0 Å². The minimum absolute atomic E-state index is 0.198. The molecule has 1 aromatic carbocycles. The Morgan fingerprint density at radius 1 is 1.22 bits per heavy atom. The maximum atomic E-state index is 12.5. The van der Waals surface area contributed by atoms with Gasteiger partial charge in [0.2, 0.25) is 0 Å². The van der Waals surface area contributed by atoms with Gasteiger partial charge in [-0.15, -0.1) is 0 Å². The van der Waals surface area contributed by atoms with Crippen LogP contribution in [0.1, 0.15) is 46.6 Å². The molecule has 1 atom stereocenters. The van der Waals surface area contributed by atoms with Crippen LogP contribution in [-0.4, -0.2) is 11.0 Å². The second-order valence-corrected chi connectivity index (χ2v) is 7.48. The highest BCUT2D eigenvalue weighted by atomic mass is 35.5. The van der Waals surface area contributed by atoms with Crippen molar-refractivity contribution in [2.45, 2.75) is 38.5 Å². The zero-order valence-corrected chi connectivity index (χ0v) is 15.4. The summed E-state index contributed by atoms with van der Waals surface area (Å²) in [6.45, 7) is 1.93. The molecule has 5 rings (SSSR count). The molecule has 5 nitrogen and oxygen atoms in total. The van der Waals surface area contributed by atoms with E-state index in [9.17, 15) is 9.59 Å². The number of esters is 1. The second kappa shape index (κ2) is 5.92. The third-order valence-electron chi connectivity index (χ3n) is 5.56. The van der Waals surface area contributed by atoms with Crippen molar-refractivity contribution >= 4 is 28.5 Å². The number of carbonyl (C=O) groups excluding carboxylic acids is 1. The van der Waals surface area contributed by atoms with E-state index < -0.39 is 0 Å². The Morgan fingerprint density at radius 3 is 2.85 bits per heavy atom. The first-order chi connectivity index (χ1) is 13.0. The van der Waals surface area contributed by atoms with Gasteiger partial charge in [-0.05, 0) is 55.0 Å². The number of nitrogens with zero attached hydrogens (tertiary/aromatic N) is 1. The number of rotatable bonds is 1. The fraction of sp³-hybridized carbons (Fsp3) is 0.286. The number of benzene rings is 1. The number of hydrogen-bond acceptors (Lipinski definition) is 5. The summed E-state index contributed by atoms with van der Waals surface area (Å²) in [6, 6.07) is 5.57. The first-order valence-electron chi connectivity index (χ1n) is 8.97. The quantitative estimate of drug-likeness (QED) is 0.275. The molecular formula is C21H16ClNO4. The molecule has 1 unspecified atom stereocenters. The lowest BCUT2D eigenvalue weighted by Gasteiger charge is -2.28. The molecule has 0 N–H and O–H groups in total. The topological polar surface area (TPSA) is 69.4 Å². The van der Waals surface area contributed by atoms with Crippen LogP contribution in [0.4, 0.5) is 0 Å². The summed E-state index contributed by atoms with van der Waals surface area (Å²) in [7, 11) is 0. The van der Waals surface area contributed by atoms with Gasteiger partial charge in [0.25, 0.3) is 0 Å². The van der Waals surface area contributed by atoms with E-state index in [1.807, 2.05) is 25.1 Å². The van der Waals surface area contributed by atoms with Gasteiger partial charge in [-0.25, -0.2) is 9.78 Å². The number of aromatic nitrogens is 1. The molecule has 3 aromatic rings. The zero-order valence-electron chi connectivity index (χ0n) is 14.7. The molecule has 136 valence electrons. The number of ether oxygens (including phenoxy) is 1. The number of halogens is 1. The molecule has 1 aliphatic carbocycles. The molecule has 27 heavy (non-hydrogen) atoms. The smallest absolute Gasteiger partial charge is 0.339 e. The molecular weight excluding hydrogens is 366 g/mol. The van der Waals surface area contributed by atoms with Gasteiger partial charge >= 0.3 is 11.6 Å². The molecule has 0 saturated carbocycles. The summed E-state index contributed by atoms with van der Waals surface area (Å²) in [4.78, 5) is 28.9. The Morgan fingerprint density at radius 2 is 2.04 bits per heavy atom. The van der Waals surface area contributed by atoms with Crippen molar-refractivity contribution < 1.29 is 13.9 Å². The fourth-order valence-electron chi connectivity index (χ4n) is 4.43. The monoisotopic (exact) mass is 381 g/mol. The van der Waals surface area contributed by atoms with Gasteiger partial charge in [0.1, 0.15) is 16.5 Å². The number of fused-ring (bicyclic) bond motifs is 5. The molecule has 2 aliphatic rings. The number of hydrogen-bond donors (Lipinski definition) is 0. The molecule has 0 spiro atoms. The van der Waals surface area contributed by atoms with Crippen LogP contribution in [0, 0.1) is 6.92 Å². The van der Waals surface area contributed by atoms with E-state index in [0.29, 0.717) is 28.5 Å². The highest BCUT2D eigenvalue weighted by molar-refractivity contribution is 6.30. The standard InChI is InChI=1S/C21H16ClNO4/c1-10-8-15-18(11-4-2-5-13(11)21(25)26-15)19-17(10)14(9-16(24)27-19)12-6-3-7-23-20(12)22/h3,6-8,14H,2,4-5,9H2,1H3. The third-order valence-corrected chi connectivity index (χ3v) is 5.87. The fourth-order valence-corrected chi connectivity index (χ4v) is 4.68. The molecule has 0 saturated heterocycles. The highest BCUT2D eigenvalue weighted by Crippen LogP contribution is 2.47. The summed E-state index contributed by atoms with van der Waals surface area (Å²) in [5, 5.41) is 1.13. The van der Waals surface area contributed by atoms with Crippen molar-refractivity contribution in [3.8, 4) is 5.75 Å². The third kappa shape index (κ3) is 2.42. The van der Waals surface area contributed by atoms with Crippen molar-refractivity contribution in [1.82, 2.24) is 4.98 Å². The molecule has 3 heterocycles. The van der Waals surface area contributed by atoms with Crippen LogP contribution in [0.15, 0.2) is 33.6 Å². The summed E-state index contributed by atoms with van der Waals surface area (Å²) in [5.41, 5.74) is 4.45. The predicted molar refractivity (Wildman–Crippen MR) is 101 cm³/mol. The molecule has 0 bridgehead atoms. The Kier molecular flexibility index (Phi) is 3.62. The lowest BCUT2D eigenvalue weighted by atomic mass is 9.83. The molecule has 6 heteroatoms. The summed E-state index contributed by atoms with van der Waals surface area (Å²) in [5.74, 6) is -0.0545. The van der Waals surface area contributed by atoms with Gasteiger partial charge in [-0.1, -0.05) is 17.7 Å². The van der Waals surface area contributed by atoms with Crippen LogP contribution >= 0.6 is 11.6 Å². The van der Waals surface area contributed by atoms with Crippen molar-refractivity contribution in [2.75, 3.05) is 0 Å². The van der Waals surface area contributed by atoms with Gasteiger partial charge in [0, 0.05) is 23.2 Å². The molecule has 0 fully saturated rings. The van der Waals surface area contributed by atoms with Crippen molar-refractivity contribution in [3.63, 3.8) is 0 Å². The van der Waals surface area contributed by atoms with Crippen LogP contribution in [0.5, 0.6) is 5.75 Å². The van der Waals surface area contributed by atoms with E-state index in [0.717, 1.165) is 40.5 Å². The first kappa shape index (κ1) is 16.5. The van der Waals surface area contributed by atoms with Crippen LogP contribution in [-0.2, 0) is 17.6 Å². The van der Waals surface area contributed by atoms with E-state index in [1.54, 1.807) is 6.20 Å². The SMILES string of the molecule is Cc1cc2oc(=O)c3c(c2c2c1C(c1cccnc1Cl)CC(=O)O2)CCC3. The molecule has 0 radical (unpaired) electrons. The van der Waals surface area contributed by atoms with E-state index >= 15 is 0 Å². The molecule has 2 aromatic heterocycles. The van der Waals surface area contributed by atoms with E-state index in [1.165, 1.54) is 0 Å². The number of pyridine rings is 1. The number of aryl methyl sites for hydroxylation is 2. The lowest BCUT2D eigenvalue weighted by Crippen LogP contribution is -2.23. The van der Waals surface area contributed by atoms with Crippen LogP contribution < -0.4 is 10.4 Å². The second-order valence-electron chi connectivity index (χ2n) is 7.12. The van der Waals surface area contributed by atoms with Gasteiger partial charge in [-0.3, -0.25) is 4.79 Å². The van der Waals surface area contributed by atoms with Crippen LogP contribution in [0.3, 0.4) is 0 Å². The minimum Gasteiger partial charge on any atom is -0.425 e. The Labute approximate surface area is 159 Å². The minimum atomic E-state index is -0.322. The van der Waals surface area contributed by atoms with Gasteiger partial charge in [0.05, 0.1) is 11.8 Å². The zero-order chi connectivity index (χ0) is 18.7. The summed E-state index contributed by atoms with van der Waals surface area (Å²) >= 11 is 6.33. The van der Waals surface area contributed by atoms with Crippen molar-refractivity contribution in [3.05, 3.63) is 67.8 Å².